The fourth-order valence-corrected chi connectivity index (χ4v) is 3.27. The quantitative estimate of drug-likeness (QED) is 0.642. The van der Waals surface area contributed by atoms with Crippen LogP contribution in [0.3, 0.4) is 0 Å². The van der Waals surface area contributed by atoms with Crippen LogP contribution in [0.25, 0.3) is 0 Å². The van der Waals surface area contributed by atoms with Crippen LogP contribution >= 0.6 is 0 Å². The molecule has 3 atom stereocenters. The summed E-state index contributed by atoms with van der Waals surface area (Å²) >= 11 is 0. The molecule has 3 rings (SSSR count). The van der Waals surface area contributed by atoms with Crippen LogP contribution in [-0.4, -0.2) is 36.7 Å². The van der Waals surface area contributed by atoms with E-state index in [0.717, 1.165) is 18.6 Å². The third-order valence-corrected chi connectivity index (χ3v) is 4.02. The van der Waals surface area contributed by atoms with Gasteiger partial charge in [-0.1, -0.05) is 6.42 Å². The number of rotatable bonds is 2. The van der Waals surface area contributed by atoms with Crippen LogP contribution in [0.5, 0.6) is 0 Å². The van der Waals surface area contributed by atoms with Crippen LogP contribution in [0.2, 0.25) is 0 Å². The standard InChI is InChI=1S/C11H19NO/c1-3-9-7-12(11(9)5-1)8-10-4-2-6-13-10/h9-11H,1-8H2/t9?,10-,11?/m1/s1. The third kappa shape index (κ3) is 1.40. The molecule has 2 aliphatic heterocycles. The highest BCUT2D eigenvalue weighted by molar-refractivity contribution is 4.96. The van der Waals surface area contributed by atoms with Crippen molar-refractivity contribution in [2.45, 2.75) is 44.2 Å². The molecule has 74 valence electrons. The fourth-order valence-electron chi connectivity index (χ4n) is 3.27. The van der Waals surface area contributed by atoms with Gasteiger partial charge in [0.2, 0.25) is 0 Å². The Kier molecular flexibility index (Phi) is 2.06. The molecule has 3 aliphatic rings. The first kappa shape index (κ1) is 8.25. The SMILES string of the molecule is C1CC2CN(C[C@H]3CCCO3)C2C1. The fraction of sp³-hybridized carbons (Fsp3) is 1.00. The number of nitrogens with zero attached hydrogens (tertiary/aromatic N) is 1. The summed E-state index contributed by atoms with van der Waals surface area (Å²) in [4.78, 5) is 2.66. The lowest BCUT2D eigenvalue weighted by Crippen LogP contribution is -2.55. The van der Waals surface area contributed by atoms with Crippen molar-refractivity contribution < 1.29 is 4.74 Å². The second-order valence-electron chi connectivity index (χ2n) is 4.85. The minimum Gasteiger partial charge on any atom is -0.377 e. The van der Waals surface area contributed by atoms with Crippen LogP contribution in [-0.2, 0) is 4.74 Å². The Labute approximate surface area is 80.2 Å². The van der Waals surface area contributed by atoms with E-state index >= 15 is 0 Å². The summed E-state index contributed by atoms with van der Waals surface area (Å²) in [7, 11) is 0. The Morgan fingerprint density at radius 3 is 2.92 bits per heavy atom. The number of hydrogen-bond donors (Lipinski definition) is 0. The van der Waals surface area contributed by atoms with E-state index in [0.29, 0.717) is 6.10 Å². The number of hydrogen-bond acceptors (Lipinski definition) is 2. The summed E-state index contributed by atoms with van der Waals surface area (Å²) in [5, 5.41) is 0. The molecule has 13 heavy (non-hydrogen) atoms. The van der Waals surface area contributed by atoms with Crippen LogP contribution < -0.4 is 0 Å². The first-order valence-corrected chi connectivity index (χ1v) is 5.79. The van der Waals surface area contributed by atoms with E-state index in [-0.39, 0.29) is 0 Å². The largest absolute Gasteiger partial charge is 0.377 e. The Morgan fingerprint density at radius 2 is 2.15 bits per heavy atom. The Hall–Kier alpha value is -0.0800. The lowest BCUT2D eigenvalue weighted by atomic mass is 9.91. The summed E-state index contributed by atoms with van der Waals surface area (Å²) in [5.74, 6) is 1.06. The van der Waals surface area contributed by atoms with Gasteiger partial charge in [-0.2, -0.15) is 0 Å². The van der Waals surface area contributed by atoms with Gasteiger partial charge in [-0.05, 0) is 31.6 Å². The molecule has 2 unspecified atom stereocenters. The molecular formula is C11H19NO. The second-order valence-corrected chi connectivity index (χ2v) is 4.85. The predicted molar refractivity (Wildman–Crippen MR) is 51.7 cm³/mol. The van der Waals surface area contributed by atoms with Crippen molar-refractivity contribution in [3.05, 3.63) is 0 Å². The van der Waals surface area contributed by atoms with Crippen molar-refractivity contribution in [2.24, 2.45) is 5.92 Å². The molecule has 2 saturated heterocycles. The van der Waals surface area contributed by atoms with Gasteiger partial charge in [0.25, 0.3) is 0 Å². The number of ether oxygens (including phenoxy) is 1. The van der Waals surface area contributed by atoms with Crippen LogP contribution in [0.15, 0.2) is 0 Å². The van der Waals surface area contributed by atoms with Gasteiger partial charge < -0.3 is 4.74 Å². The first-order valence-electron chi connectivity index (χ1n) is 5.79. The maximum atomic E-state index is 5.67. The van der Waals surface area contributed by atoms with E-state index in [2.05, 4.69) is 4.90 Å². The van der Waals surface area contributed by atoms with Crippen molar-refractivity contribution in [3.8, 4) is 0 Å². The third-order valence-electron chi connectivity index (χ3n) is 4.02. The van der Waals surface area contributed by atoms with Gasteiger partial charge in [-0.25, -0.2) is 0 Å². The van der Waals surface area contributed by atoms with Gasteiger partial charge in [-0.3, -0.25) is 4.90 Å². The molecule has 1 aliphatic carbocycles. The molecule has 0 aromatic carbocycles. The van der Waals surface area contributed by atoms with Gasteiger partial charge in [-0.15, -0.1) is 0 Å². The van der Waals surface area contributed by atoms with E-state index in [1.54, 1.807) is 0 Å². The molecule has 0 aromatic rings. The van der Waals surface area contributed by atoms with Gasteiger partial charge in [0.15, 0.2) is 0 Å². The Balaban J connectivity index is 1.51. The van der Waals surface area contributed by atoms with Gasteiger partial charge in [0, 0.05) is 25.7 Å². The first-order chi connectivity index (χ1) is 6.43. The topological polar surface area (TPSA) is 12.5 Å². The van der Waals surface area contributed by atoms with E-state index in [1.165, 1.54) is 45.2 Å². The van der Waals surface area contributed by atoms with E-state index in [9.17, 15) is 0 Å². The zero-order valence-electron chi connectivity index (χ0n) is 8.24. The van der Waals surface area contributed by atoms with E-state index in [4.69, 9.17) is 4.74 Å². The van der Waals surface area contributed by atoms with Crippen molar-refractivity contribution in [1.82, 2.24) is 4.90 Å². The van der Waals surface area contributed by atoms with E-state index in [1.807, 2.05) is 0 Å². The molecule has 0 amide bonds. The zero-order valence-corrected chi connectivity index (χ0v) is 8.24. The minimum absolute atomic E-state index is 0.571. The predicted octanol–water partition coefficient (Wildman–Crippen LogP) is 1.65. The maximum Gasteiger partial charge on any atom is 0.0702 e. The van der Waals surface area contributed by atoms with Crippen molar-refractivity contribution in [1.29, 1.82) is 0 Å². The van der Waals surface area contributed by atoms with Crippen molar-refractivity contribution >= 4 is 0 Å². The van der Waals surface area contributed by atoms with Crippen LogP contribution in [0.4, 0.5) is 0 Å². The average molecular weight is 181 g/mol. The van der Waals surface area contributed by atoms with Crippen LogP contribution in [0, 0.1) is 5.92 Å². The number of likely N-dealkylation sites (tertiary alicyclic amines) is 1. The van der Waals surface area contributed by atoms with Gasteiger partial charge >= 0.3 is 0 Å². The second kappa shape index (κ2) is 3.25. The minimum atomic E-state index is 0.571. The molecule has 0 spiro atoms. The monoisotopic (exact) mass is 181 g/mol. The summed E-state index contributed by atoms with van der Waals surface area (Å²) < 4.78 is 5.67. The zero-order chi connectivity index (χ0) is 8.67. The Bertz CT molecular complexity index is 189. The summed E-state index contributed by atoms with van der Waals surface area (Å²) in [6.45, 7) is 3.60. The molecule has 0 N–H and O–H groups in total. The highest BCUT2D eigenvalue weighted by atomic mass is 16.5. The van der Waals surface area contributed by atoms with Gasteiger partial charge in [0.1, 0.15) is 0 Å². The van der Waals surface area contributed by atoms with Crippen molar-refractivity contribution in [2.75, 3.05) is 19.7 Å². The summed E-state index contributed by atoms with van der Waals surface area (Å²) in [6.07, 6.45) is 7.57. The average Bonchev–Trinajstić information content (AvgIpc) is 2.69. The summed E-state index contributed by atoms with van der Waals surface area (Å²) in [5.41, 5.74) is 0. The van der Waals surface area contributed by atoms with E-state index < -0.39 is 0 Å². The summed E-state index contributed by atoms with van der Waals surface area (Å²) in [6, 6.07) is 0.948. The van der Waals surface area contributed by atoms with Crippen LogP contribution in [0.1, 0.15) is 32.1 Å². The molecule has 2 heterocycles. The lowest BCUT2D eigenvalue weighted by Gasteiger charge is -2.45. The molecule has 2 nitrogen and oxygen atoms in total. The molecule has 0 radical (unpaired) electrons. The lowest BCUT2D eigenvalue weighted by molar-refractivity contribution is -0.0118. The van der Waals surface area contributed by atoms with Gasteiger partial charge in [0.05, 0.1) is 6.10 Å². The molecule has 2 heteroatoms. The highest BCUT2D eigenvalue weighted by Crippen LogP contribution is 2.39. The normalized spacial score (nSPS) is 44.8. The smallest absolute Gasteiger partial charge is 0.0702 e. The molecule has 3 fully saturated rings. The highest BCUT2D eigenvalue weighted by Gasteiger charge is 2.42. The Morgan fingerprint density at radius 1 is 1.15 bits per heavy atom. The molecule has 0 bridgehead atoms. The molecular weight excluding hydrogens is 162 g/mol. The molecule has 0 aromatic heterocycles. The number of fused-ring (bicyclic) bond motifs is 1. The molecule has 1 saturated carbocycles. The maximum absolute atomic E-state index is 5.67. The van der Waals surface area contributed by atoms with Crippen molar-refractivity contribution in [3.63, 3.8) is 0 Å².